The van der Waals surface area contributed by atoms with Crippen molar-refractivity contribution in [3.63, 3.8) is 0 Å². The molecule has 0 aliphatic rings. The van der Waals surface area contributed by atoms with Gasteiger partial charge in [-0.1, -0.05) is 271 Å². The molecule has 0 saturated heterocycles. The quantitative estimate of drug-likeness (QED) is 0.00664. The zero-order valence-electron chi connectivity index (χ0n) is 68.8. The predicted molar refractivity (Wildman–Crippen MR) is 496 cm³/mol. The summed E-state index contributed by atoms with van der Waals surface area (Å²) in [6, 6.07) is 74.9. The fourth-order valence-corrected chi connectivity index (χ4v) is 12.6. The van der Waals surface area contributed by atoms with Gasteiger partial charge < -0.3 is 60.0 Å². The fraction of sp³-hybridized carbons (Fsp3) is 0.266. The highest BCUT2D eigenvalue weighted by Crippen LogP contribution is 2.32. The van der Waals surface area contributed by atoms with E-state index in [9.17, 15) is 48.7 Å². The lowest BCUT2D eigenvalue weighted by Crippen LogP contribution is -2.49. The average molecular weight is 1780 g/mol. The molecule has 3 atom stereocenters. The summed E-state index contributed by atoms with van der Waals surface area (Å²) in [6.07, 6.45) is 4.58. The van der Waals surface area contributed by atoms with Gasteiger partial charge in [0.1, 0.15) is 46.4 Å². The van der Waals surface area contributed by atoms with E-state index >= 15 is 0 Å². The molecule has 1 aromatic heterocycles. The molecule has 644 valence electrons. The monoisotopic (exact) mass is 1780 g/mol. The van der Waals surface area contributed by atoms with Crippen LogP contribution in [0.15, 0.2) is 264 Å². The van der Waals surface area contributed by atoms with Crippen LogP contribution in [0.4, 0.5) is 0 Å². The number of carboxylic acid groups (broad SMARTS) is 1. The van der Waals surface area contributed by atoms with E-state index in [2.05, 4.69) is 15.7 Å². The van der Waals surface area contributed by atoms with E-state index in [1.807, 2.05) is 179 Å². The Morgan fingerprint density at radius 1 is 0.434 bits per heavy atom. The van der Waals surface area contributed by atoms with Gasteiger partial charge in [0.25, 0.3) is 0 Å². The maximum absolute atomic E-state index is 13.3. The van der Waals surface area contributed by atoms with Crippen LogP contribution in [0.1, 0.15) is 141 Å². The van der Waals surface area contributed by atoms with Gasteiger partial charge in [-0.25, -0.2) is 4.79 Å². The number of carbonyl (C=O) groups excluding carboxylic acids is 5. The predicted octanol–water partition coefficient (Wildman–Crippen LogP) is 20.8. The number of aromatic hydroxyl groups is 2. The molecule has 28 heteroatoms. The number of halogens is 6. The van der Waals surface area contributed by atoms with Gasteiger partial charge in [-0.2, -0.15) is 0 Å². The van der Waals surface area contributed by atoms with Crippen LogP contribution in [0.3, 0.4) is 0 Å². The molecule has 1 heterocycles. The summed E-state index contributed by atoms with van der Waals surface area (Å²) in [5.41, 5.74) is 7.11. The van der Waals surface area contributed by atoms with Crippen molar-refractivity contribution in [3.05, 3.63) is 340 Å². The summed E-state index contributed by atoms with van der Waals surface area (Å²) in [5, 5.41) is 66.4. The van der Waals surface area contributed by atoms with Gasteiger partial charge in [0.2, 0.25) is 5.24 Å². The van der Waals surface area contributed by atoms with Crippen LogP contribution < -0.4 is 30.6 Å². The topological polar surface area (TPSA) is 309 Å². The zero-order valence-corrected chi connectivity index (χ0v) is 73.4. The van der Waals surface area contributed by atoms with Crippen molar-refractivity contribution in [3.8, 4) is 23.0 Å². The lowest BCUT2D eigenvalue weighted by Gasteiger charge is -2.24. The number of fused-ring (bicyclic) bond motifs is 1. The van der Waals surface area contributed by atoms with Gasteiger partial charge in [0.15, 0.2) is 17.0 Å². The number of aliphatic carboxylic acids is 1. The lowest BCUT2D eigenvalue weighted by molar-refractivity contribution is -0.140. The van der Waals surface area contributed by atoms with E-state index in [1.165, 1.54) is 31.8 Å². The van der Waals surface area contributed by atoms with Crippen molar-refractivity contribution in [1.82, 2.24) is 15.7 Å². The molecule has 0 fully saturated rings. The van der Waals surface area contributed by atoms with Crippen molar-refractivity contribution in [2.75, 3.05) is 0 Å². The molecule has 0 bridgehead atoms. The normalized spacial score (nSPS) is 11.2. The first kappa shape index (κ1) is 104. The molecular weight excluding hydrogens is 1670 g/mol. The van der Waals surface area contributed by atoms with Gasteiger partial charge in [0.05, 0.1) is 22.6 Å². The summed E-state index contributed by atoms with van der Waals surface area (Å²) < 4.78 is 16.9. The van der Waals surface area contributed by atoms with Crippen LogP contribution in [0.25, 0.3) is 11.0 Å². The molecular formula is C94H106B3Cl6N3O16. The number of esters is 2. The van der Waals surface area contributed by atoms with Crippen LogP contribution in [-0.4, -0.2) is 98.3 Å². The molecule has 122 heavy (non-hydrogen) atoms. The molecule has 0 amide bonds. The molecule has 0 saturated carbocycles. The van der Waals surface area contributed by atoms with Crippen LogP contribution >= 0.6 is 69.6 Å². The zero-order chi connectivity index (χ0) is 89.1. The lowest BCUT2D eigenvalue weighted by atomic mass is 9.83. The summed E-state index contributed by atoms with van der Waals surface area (Å²) in [5.74, 6) is -0.672. The smallest absolute Gasteiger partial charge is 0.374 e. The number of Topliss-reactive ketones (excluding diaryl/α,β-unsaturated/α-hetero) is 2. The average Bonchev–Trinajstić information content (AvgIpc) is 0.768. The Labute approximate surface area is 746 Å². The Hall–Kier alpha value is -9.88. The minimum Gasteiger partial charge on any atom is -0.508 e. The Bertz CT molecular complexity index is 5070. The third-order valence-corrected chi connectivity index (χ3v) is 19.1. The number of carboxylic acids is 1. The van der Waals surface area contributed by atoms with E-state index in [-0.39, 0.29) is 83.1 Å². The third-order valence-electron chi connectivity index (χ3n) is 17.7. The van der Waals surface area contributed by atoms with Crippen molar-refractivity contribution in [1.29, 1.82) is 0 Å². The first-order valence-electron chi connectivity index (χ1n) is 39.2. The number of phenols is 2. The number of benzene rings is 10. The number of hydrogen-bond acceptors (Lipinski definition) is 18. The van der Waals surface area contributed by atoms with E-state index in [0.29, 0.717) is 109 Å². The minimum atomic E-state index is -0.930. The Kier molecular flexibility index (Phi) is 48.0. The minimum absolute atomic E-state index is 0. The van der Waals surface area contributed by atoms with Crippen molar-refractivity contribution in [2.45, 2.75) is 145 Å². The molecule has 0 spiro atoms. The highest BCUT2D eigenvalue weighted by Gasteiger charge is 2.30. The van der Waals surface area contributed by atoms with Gasteiger partial charge in [-0.3, -0.25) is 28.8 Å². The van der Waals surface area contributed by atoms with E-state index in [0.717, 1.165) is 34.2 Å². The number of ether oxygens (including phenoxy) is 2. The molecule has 0 aliphatic carbocycles. The largest absolute Gasteiger partial charge is 0.508 e. The number of rotatable bonds is 30. The van der Waals surface area contributed by atoms with Gasteiger partial charge in [0, 0.05) is 74.9 Å². The van der Waals surface area contributed by atoms with Gasteiger partial charge in [-0.05, 0) is 182 Å². The Balaban J connectivity index is 0.000000310. The summed E-state index contributed by atoms with van der Waals surface area (Å²) in [4.78, 5) is 83.1. The number of phenolic OH excluding ortho intramolecular Hbond substituents is 2. The number of carbonyl (C=O) groups is 6. The fourth-order valence-electron chi connectivity index (χ4n) is 11.6. The molecule has 0 aliphatic heterocycles. The molecule has 0 radical (unpaired) electrons. The SMILES string of the molecule is C.CB(O)NC(C(=O)Oc1cc(Cl)ccc1C(=O)CCc1ccccc1)C(C)C.CB(O)NC(c1oc2cc(Cl)ccc2c(=O)c1Cc1ccccc1)C(C)C.CB(O)N[C@@H](C(=O)O)C(C)C.O=C(CCc1ccccc1)Oc1cccc(Cl)c1.O=C(CCc1ccccc1)c1ccc(Cl)cc1O.O=C(Cl)CCc1ccccc1.Oc1cccc(Cl)c1. The molecule has 19 nitrogen and oxygen atoms in total. The first-order chi connectivity index (χ1) is 57.6. The van der Waals surface area contributed by atoms with E-state index in [4.69, 9.17) is 98.7 Å². The van der Waals surface area contributed by atoms with E-state index < -0.39 is 45.2 Å². The summed E-state index contributed by atoms with van der Waals surface area (Å²) in [6.45, 7) is 16.0. The highest BCUT2D eigenvalue weighted by atomic mass is 35.5. The molecule has 10 aromatic carbocycles. The standard InChI is InChI=1S/C21H25BClNO4.C21H23BClNO3.2C15H13ClO2.C9H9ClO.C6H14BNO3.C6H5ClO.CH4/c1-14(2)20(24-22(3)27)21(26)28-19-13-16(23)10-11-17(19)18(25)12-9-15-7-5-4-6-8-15;1-13(2)19(24-22(3)26)21-17(11-14-7-5-4-6-8-14)20(25)16-10-9-15(23)12-18(16)27-21;16-13-7-4-8-14(11-13)18-15(17)10-9-12-5-2-1-3-6-12;16-12-7-8-13(15(18)10-12)14(17)9-6-11-4-2-1-3-5-11;10-9(11)7-6-8-4-2-1-3-5-8;1-4(2)5(6(9)10)8-7(3)11;7-5-2-1-3-6(8)4-5;/h4-8,10-11,13-14,20,24,27H,9,12H2,1-3H3;4-10,12-13,19,24,26H,11H2,1-3H3;1-8,11H,9-10H2;1-5,7-8,10,18H,6,9H2;1-5H,6-7H2;4-5,8,11H,1-3H3,(H,9,10);1-4,8H;1H4/t;;;;;5-;;/m.....1../s1. The Morgan fingerprint density at radius 2 is 0.844 bits per heavy atom. The maximum atomic E-state index is 13.3. The maximum Gasteiger partial charge on any atom is 0.374 e. The van der Waals surface area contributed by atoms with E-state index in [1.54, 1.807) is 106 Å². The number of nitrogens with one attached hydrogen (secondary N) is 3. The number of aryl methyl sites for hydroxylation is 4. The second kappa shape index (κ2) is 56.0. The highest BCUT2D eigenvalue weighted by molar-refractivity contribution is 6.63. The molecule has 9 N–H and O–H groups in total. The number of hydrogen-bond donors (Lipinski definition) is 9. The van der Waals surface area contributed by atoms with Crippen molar-refractivity contribution >= 4 is 136 Å². The molecule has 11 aromatic rings. The van der Waals surface area contributed by atoms with Gasteiger partial charge in [-0.15, -0.1) is 0 Å². The summed E-state index contributed by atoms with van der Waals surface area (Å²) >= 11 is 34.4. The van der Waals surface area contributed by atoms with Crippen LogP contribution in [-0.2, 0) is 51.3 Å². The Morgan fingerprint density at radius 3 is 1.26 bits per heavy atom. The second-order valence-electron chi connectivity index (χ2n) is 28.9. The first-order valence-corrected chi connectivity index (χ1v) is 41.5. The van der Waals surface area contributed by atoms with Crippen LogP contribution in [0, 0.1) is 17.8 Å². The third kappa shape index (κ3) is 40.0. The van der Waals surface area contributed by atoms with Crippen LogP contribution in [0.2, 0.25) is 45.6 Å². The van der Waals surface area contributed by atoms with Crippen molar-refractivity contribution in [2.24, 2.45) is 17.8 Å². The van der Waals surface area contributed by atoms with Gasteiger partial charge >= 0.3 is 39.1 Å². The molecule has 11 rings (SSSR count). The number of ketones is 2. The molecule has 2 unspecified atom stereocenters. The summed E-state index contributed by atoms with van der Waals surface area (Å²) in [7, 11) is -2.38. The van der Waals surface area contributed by atoms with Crippen LogP contribution in [0.5, 0.6) is 23.0 Å². The van der Waals surface area contributed by atoms with Crippen molar-refractivity contribution < 1.29 is 73.0 Å². The second-order valence-corrected chi connectivity index (χ2v) is 31.5.